The fraction of sp³-hybridized carbons (Fsp3) is 0.111. The molecule has 0 amide bonds. The van der Waals surface area contributed by atoms with Crippen LogP contribution in [0.15, 0.2) is 59.9 Å². The zero-order chi connectivity index (χ0) is 17.2. The van der Waals surface area contributed by atoms with Crippen LogP contribution >= 0.6 is 0 Å². The summed E-state index contributed by atoms with van der Waals surface area (Å²) in [6.07, 6.45) is 3.13. The maximum Gasteiger partial charge on any atom is 0.259 e. The standard InChI is InChI=1S/C18H15N5O2/c1-25-16-7-6-12(8-13(16)9-23-11-19-10-20-23)17-21-15-5-3-2-4-14(15)18(24)22-17/h2-8,10-11H,9H2,1H3,(H,21,22,24). The number of para-hydroxylation sites is 1. The number of nitrogens with zero attached hydrogens (tertiary/aromatic N) is 4. The Morgan fingerprint density at radius 1 is 1.20 bits per heavy atom. The third kappa shape index (κ3) is 2.87. The lowest BCUT2D eigenvalue weighted by Crippen LogP contribution is -2.09. The van der Waals surface area contributed by atoms with E-state index in [4.69, 9.17) is 4.74 Å². The van der Waals surface area contributed by atoms with Crippen molar-refractivity contribution in [2.24, 2.45) is 0 Å². The second-order valence-corrected chi connectivity index (χ2v) is 5.55. The van der Waals surface area contributed by atoms with E-state index in [1.807, 2.05) is 36.4 Å². The molecule has 25 heavy (non-hydrogen) atoms. The average molecular weight is 333 g/mol. The molecule has 0 aliphatic heterocycles. The highest BCUT2D eigenvalue weighted by Crippen LogP contribution is 2.25. The smallest absolute Gasteiger partial charge is 0.259 e. The van der Waals surface area contributed by atoms with Gasteiger partial charge in [0.15, 0.2) is 0 Å². The van der Waals surface area contributed by atoms with Crippen LogP contribution in [0.2, 0.25) is 0 Å². The van der Waals surface area contributed by atoms with Crippen LogP contribution in [-0.4, -0.2) is 31.8 Å². The molecule has 0 aliphatic carbocycles. The van der Waals surface area contributed by atoms with E-state index in [1.54, 1.807) is 24.2 Å². The van der Waals surface area contributed by atoms with Gasteiger partial charge in [0, 0.05) is 11.1 Å². The highest BCUT2D eigenvalue weighted by atomic mass is 16.5. The van der Waals surface area contributed by atoms with Crippen molar-refractivity contribution in [1.82, 2.24) is 24.7 Å². The van der Waals surface area contributed by atoms with Gasteiger partial charge in [0.1, 0.15) is 24.2 Å². The quantitative estimate of drug-likeness (QED) is 0.619. The molecule has 0 unspecified atom stereocenters. The normalized spacial score (nSPS) is 10.9. The van der Waals surface area contributed by atoms with Crippen LogP contribution in [0.1, 0.15) is 5.56 Å². The Labute approximate surface area is 142 Å². The van der Waals surface area contributed by atoms with Gasteiger partial charge in [-0.25, -0.2) is 14.6 Å². The van der Waals surface area contributed by atoms with Gasteiger partial charge in [-0.1, -0.05) is 12.1 Å². The number of benzene rings is 2. The molecule has 0 saturated carbocycles. The molecule has 0 atom stereocenters. The molecule has 1 N–H and O–H groups in total. The van der Waals surface area contributed by atoms with Crippen LogP contribution in [0, 0.1) is 0 Å². The van der Waals surface area contributed by atoms with Crippen LogP contribution in [0.4, 0.5) is 0 Å². The first-order valence-corrected chi connectivity index (χ1v) is 7.73. The maximum atomic E-state index is 12.3. The monoisotopic (exact) mass is 333 g/mol. The molecule has 7 heteroatoms. The summed E-state index contributed by atoms with van der Waals surface area (Å²) in [5.41, 5.74) is 2.23. The van der Waals surface area contributed by atoms with Crippen molar-refractivity contribution in [2.75, 3.05) is 7.11 Å². The third-order valence-electron chi connectivity index (χ3n) is 3.97. The summed E-state index contributed by atoms with van der Waals surface area (Å²) >= 11 is 0. The minimum Gasteiger partial charge on any atom is -0.496 e. The maximum absolute atomic E-state index is 12.3. The number of nitrogens with one attached hydrogen (secondary N) is 1. The van der Waals surface area contributed by atoms with Crippen LogP contribution in [0.3, 0.4) is 0 Å². The van der Waals surface area contributed by atoms with Crippen molar-refractivity contribution in [3.63, 3.8) is 0 Å². The van der Waals surface area contributed by atoms with Gasteiger partial charge in [0.25, 0.3) is 5.56 Å². The number of aromatic amines is 1. The van der Waals surface area contributed by atoms with E-state index in [2.05, 4.69) is 20.1 Å². The van der Waals surface area contributed by atoms with Crippen molar-refractivity contribution < 1.29 is 4.74 Å². The summed E-state index contributed by atoms with van der Waals surface area (Å²) in [6, 6.07) is 12.9. The molecule has 0 spiro atoms. The Balaban J connectivity index is 1.81. The lowest BCUT2D eigenvalue weighted by molar-refractivity contribution is 0.407. The van der Waals surface area contributed by atoms with Gasteiger partial charge in [0.05, 0.1) is 24.6 Å². The Bertz CT molecular complexity index is 1090. The summed E-state index contributed by atoms with van der Waals surface area (Å²) in [5.74, 6) is 1.26. The molecular formula is C18H15N5O2. The lowest BCUT2D eigenvalue weighted by atomic mass is 10.1. The van der Waals surface area contributed by atoms with E-state index in [0.29, 0.717) is 23.3 Å². The van der Waals surface area contributed by atoms with Crippen molar-refractivity contribution in [2.45, 2.75) is 6.54 Å². The van der Waals surface area contributed by atoms with Crippen LogP contribution < -0.4 is 10.3 Å². The Hall–Kier alpha value is -3.48. The molecule has 0 radical (unpaired) electrons. The number of aromatic nitrogens is 5. The molecule has 0 fully saturated rings. The molecule has 0 aliphatic rings. The van der Waals surface area contributed by atoms with E-state index < -0.39 is 0 Å². The molecule has 2 heterocycles. The van der Waals surface area contributed by atoms with Gasteiger partial charge in [-0.2, -0.15) is 5.10 Å². The first kappa shape index (κ1) is 15.1. The SMILES string of the molecule is COc1ccc(-c2nc3ccccc3c(=O)[nH]2)cc1Cn1cncn1. The Kier molecular flexibility index (Phi) is 3.74. The minimum absolute atomic E-state index is 0.158. The number of hydrogen-bond acceptors (Lipinski definition) is 5. The third-order valence-corrected chi connectivity index (χ3v) is 3.97. The summed E-state index contributed by atoms with van der Waals surface area (Å²) in [4.78, 5) is 23.7. The number of ether oxygens (including phenoxy) is 1. The van der Waals surface area contributed by atoms with Crippen LogP contribution in [-0.2, 0) is 6.54 Å². The molecule has 0 saturated heterocycles. The van der Waals surface area contributed by atoms with E-state index in [1.165, 1.54) is 6.33 Å². The number of hydrogen-bond donors (Lipinski definition) is 1. The summed E-state index contributed by atoms with van der Waals surface area (Å²) in [6.45, 7) is 0.509. The highest BCUT2D eigenvalue weighted by Gasteiger charge is 2.10. The van der Waals surface area contributed by atoms with Crippen molar-refractivity contribution in [3.8, 4) is 17.1 Å². The van der Waals surface area contributed by atoms with Gasteiger partial charge >= 0.3 is 0 Å². The fourth-order valence-corrected chi connectivity index (χ4v) is 2.76. The van der Waals surface area contributed by atoms with Crippen LogP contribution in [0.5, 0.6) is 5.75 Å². The first-order chi connectivity index (χ1) is 12.2. The van der Waals surface area contributed by atoms with Gasteiger partial charge in [-0.15, -0.1) is 0 Å². The van der Waals surface area contributed by atoms with Crippen molar-refractivity contribution in [3.05, 3.63) is 71.0 Å². The number of methoxy groups -OCH3 is 1. The van der Waals surface area contributed by atoms with E-state index >= 15 is 0 Å². The van der Waals surface area contributed by atoms with Crippen molar-refractivity contribution >= 4 is 10.9 Å². The predicted molar refractivity (Wildman–Crippen MR) is 93.5 cm³/mol. The van der Waals surface area contributed by atoms with E-state index in [-0.39, 0.29) is 5.56 Å². The number of rotatable bonds is 4. The Morgan fingerprint density at radius 2 is 2.08 bits per heavy atom. The second-order valence-electron chi connectivity index (χ2n) is 5.55. The minimum atomic E-state index is -0.158. The largest absolute Gasteiger partial charge is 0.496 e. The predicted octanol–water partition coefficient (Wildman–Crippen LogP) is 2.24. The Morgan fingerprint density at radius 3 is 2.88 bits per heavy atom. The molecular weight excluding hydrogens is 318 g/mol. The zero-order valence-electron chi connectivity index (χ0n) is 13.5. The van der Waals surface area contributed by atoms with Crippen molar-refractivity contribution in [1.29, 1.82) is 0 Å². The number of H-pyrrole nitrogens is 1. The molecule has 0 bridgehead atoms. The molecule has 7 nitrogen and oxygen atoms in total. The van der Waals surface area contributed by atoms with Gasteiger partial charge in [-0.05, 0) is 30.3 Å². The van der Waals surface area contributed by atoms with E-state index in [9.17, 15) is 4.79 Å². The molecule has 2 aromatic heterocycles. The second kappa shape index (κ2) is 6.20. The molecule has 4 aromatic rings. The average Bonchev–Trinajstić information content (AvgIpc) is 3.15. The van der Waals surface area contributed by atoms with Gasteiger partial charge in [-0.3, -0.25) is 4.79 Å². The van der Waals surface area contributed by atoms with Gasteiger partial charge in [0.2, 0.25) is 0 Å². The zero-order valence-corrected chi connectivity index (χ0v) is 13.5. The van der Waals surface area contributed by atoms with Gasteiger partial charge < -0.3 is 9.72 Å². The molecule has 124 valence electrons. The van der Waals surface area contributed by atoms with Crippen LogP contribution in [0.25, 0.3) is 22.3 Å². The summed E-state index contributed by atoms with van der Waals surface area (Å²) in [5, 5.41) is 4.69. The molecule has 2 aromatic carbocycles. The number of fused-ring (bicyclic) bond motifs is 1. The van der Waals surface area contributed by atoms with E-state index in [0.717, 1.165) is 16.9 Å². The fourth-order valence-electron chi connectivity index (χ4n) is 2.76. The first-order valence-electron chi connectivity index (χ1n) is 7.73. The topological polar surface area (TPSA) is 85.7 Å². The highest BCUT2D eigenvalue weighted by molar-refractivity contribution is 5.79. The summed E-state index contributed by atoms with van der Waals surface area (Å²) in [7, 11) is 1.62. The molecule has 4 rings (SSSR count). The lowest BCUT2D eigenvalue weighted by Gasteiger charge is -2.11. The summed E-state index contributed by atoms with van der Waals surface area (Å²) < 4.78 is 7.13.